The van der Waals surface area contributed by atoms with Crippen molar-refractivity contribution in [3.63, 3.8) is 0 Å². The van der Waals surface area contributed by atoms with E-state index < -0.39 is 35.8 Å². The van der Waals surface area contributed by atoms with Crippen molar-refractivity contribution in [3.8, 4) is 5.75 Å². The van der Waals surface area contributed by atoms with Crippen LogP contribution in [-0.2, 0) is 24.5 Å². The molecule has 1 amide bonds. The molecule has 0 radical (unpaired) electrons. The maximum atomic E-state index is 12.2. The van der Waals surface area contributed by atoms with Gasteiger partial charge in [0.2, 0.25) is 0 Å². The van der Waals surface area contributed by atoms with Crippen LogP contribution in [0.1, 0.15) is 54.0 Å². The number of amides is 1. The summed E-state index contributed by atoms with van der Waals surface area (Å²) in [5.41, 5.74) is 8.46. The topological polar surface area (TPSA) is 127 Å². The van der Waals surface area contributed by atoms with Crippen LogP contribution in [0.3, 0.4) is 0 Å². The fourth-order valence-corrected chi connectivity index (χ4v) is 2.26. The van der Waals surface area contributed by atoms with E-state index in [0.717, 1.165) is 5.56 Å². The van der Waals surface area contributed by atoms with Crippen LogP contribution in [0.15, 0.2) is 18.2 Å². The van der Waals surface area contributed by atoms with Crippen molar-refractivity contribution >= 4 is 29.2 Å². The molecular weight excluding hydrogens is 390 g/mol. The lowest BCUT2D eigenvalue weighted by Crippen LogP contribution is -2.31. The number of hydrogen-bond donors (Lipinski definition) is 1. The molecule has 0 aliphatic carbocycles. The van der Waals surface area contributed by atoms with Gasteiger partial charge >= 0.3 is 17.8 Å². The Morgan fingerprint density at radius 1 is 1.10 bits per heavy atom. The third-order valence-corrected chi connectivity index (χ3v) is 3.67. The second-order valence-corrected chi connectivity index (χ2v) is 8.47. The van der Waals surface area contributed by atoms with Crippen LogP contribution >= 0.6 is 0 Å². The first kappa shape index (κ1) is 24.8. The number of nitrogens with zero attached hydrogens (tertiary/aromatic N) is 2. The zero-order valence-electron chi connectivity index (χ0n) is 18.5. The molecule has 1 N–H and O–H groups in total. The maximum Gasteiger partial charge on any atom is 0.445 e. The van der Waals surface area contributed by atoms with Gasteiger partial charge in [-0.1, -0.05) is 26.8 Å². The number of Topliss-reactive ketones (excluding diaryl/α,β-unsaturated/α-hetero) is 1. The highest BCUT2D eigenvalue weighted by Gasteiger charge is 2.31. The fourth-order valence-electron chi connectivity index (χ4n) is 2.26. The van der Waals surface area contributed by atoms with Gasteiger partial charge in [-0.3, -0.25) is 10.1 Å². The molecule has 164 valence electrons. The minimum absolute atomic E-state index is 0.0181. The maximum absolute atomic E-state index is 12.2. The third kappa shape index (κ3) is 7.67. The first-order chi connectivity index (χ1) is 13.8. The molecule has 0 spiro atoms. The average molecular weight is 419 g/mol. The van der Waals surface area contributed by atoms with Crippen molar-refractivity contribution < 1.29 is 33.4 Å². The molecule has 0 aliphatic rings. The summed E-state index contributed by atoms with van der Waals surface area (Å²) in [4.78, 5) is 38.8. The molecular formula is C21H29N3O6. The summed E-state index contributed by atoms with van der Waals surface area (Å²) in [6.07, 6.45) is -0.686. The molecule has 9 nitrogen and oxygen atoms in total. The SMILES string of the molecule is CCOC(=O)C(=[N+]=[N-])C(=O)COc1ccc(C(C)(C)C)cc1NC(=O)OC(C)(C)C. The molecule has 0 aromatic heterocycles. The van der Waals surface area contributed by atoms with Crippen LogP contribution in [0.4, 0.5) is 10.5 Å². The van der Waals surface area contributed by atoms with Crippen LogP contribution < -0.4 is 10.1 Å². The number of rotatable bonds is 7. The first-order valence-electron chi connectivity index (χ1n) is 9.48. The Morgan fingerprint density at radius 3 is 2.23 bits per heavy atom. The van der Waals surface area contributed by atoms with Gasteiger partial charge < -0.3 is 19.7 Å². The molecule has 0 heterocycles. The van der Waals surface area contributed by atoms with E-state index in [0.29, 0.717) is 5.69 Å². The standard InChI is InChI=1S/C21H29N3O6/c1-8-28-18(26)17(24-22)15(25)12-29-16-10-9-13(20(2,3)4)11-14(16)23-19(27)30-21(5,6)7/h9-11H,8,12H2,1-7H3,(H,23,27). The van der Waals surface area contributed by atoms with Crippen LogP contribution in [0.2, 0.25) is 0 Å². The van der Waals surface area contributed by atoms with Crippen molar-refractivity contribution in [1.82, 2.24) is 0 Å². The van der Waals surface area contributed by atoms with Crippen LogP contribution in [0, 0.1) is 0 Å². The van der Waals surface area contributed by atoms with Gasteiger partial charge in [0.05, 0.1) is 12.3 Å². The number of ether oxygens (including phenoxy) is 3. The largest absolute Gasteiger partial charge is 0.483 e. The molecule has 30 heavy (non-hydrogen) atoms. The lowest BCUT2D eigenvalue weighted by molar-refractivity contribution is -0.142. The average Bonchev–Trinajstić information content (AvgIpc) is 2.58. The van der Waals surface area contributed by atoms with Gasteiger partial charge in [-0.2, -0.15) is 4.79 Å². The van der Waals surface area contributed by atoms with E-state index in [-0.39, 0.29) is 17.8 Å². The van der Waals surface area contributed by atoms with E-state index in [1.807, 2.05) is 20.8 Å². The van der Waals surface area contributed by atoms with E-state index in [1.165, 1.54) is 0 Å². The third-order valence-electron chi connectivity index (χ3n) is 3.67. The summed E-state index contributed by atoms with van der Waals surface area (Å²) >= 11 is 0. The van der Waals surface area contributed by atoms with E-state index in [9.17, 15) is 14.4 Å². The number of hydrogen-bond acceptors (Lipinski definition) is 6. The van der Waals surface area contributed by atoms with Gasteiger partial charge in [0, 0.05) is 0 Å². The van der Waals surface area contributed by atoms with Crippen LogP contribution in [0.25, 0.3) is 5.53 Å². The quantitative estimate of drug-likeness (QED) is 0.237. The van der Waals surface area contributed by atoms with Gasteiger partial charge in [-0.25, -0.2) is 9.59 Å². The van der Waals surface area contributed by atoms with Gasteiger partial charge in [0.1, 0.15) is 11.4 Å². The molecule has 9 heteroatoms. The molecule has 0 aliphatic heterocycles. The minimum atomic E-state index is -1.05. The molecule has 0 fully saturated rings. The van der Waals surface area contributed by atoms with E-state index in [4.69, 9.17) is 15.0 Å². The zero-order valence-corrected chi connectivity index (χ0v) is 18.5. The number of nitrogens with one attached hydrogen (secondary N) is 1. The summed E-state index contributed by atoms with van der Waals surface area (Å²) in [6, 6.07) is 5.11. The van der Waals surface area contributed by atoms with E-state index in [2.05, 4.69) is 14.8 Å². The van der Waals surface area contributed by atoms with E-state index in [1.54, 1.807) is 45.9 Å². The van der Waals surface area contributed by atoms with Crippen molar-refractivity contribution in [2.75, 3.05) is 18.5 Å². The molecule has 1 aromatic carbocycles. The van der Waals surface area contributed by atoms with E-state index >= 15 is 0 Å². The van der Waals surface area contributed by atoms with Crippen molar-refractivity contribution in [2.24, 2.45) is 0 Å². The Bertz CT molecular complexity index is 858. The molecule has 0 saturated carbocycles. The Kier molecular flexibility index (Phi) is 8.30. The Labute approximate surface area is 176 Å². The molecule has 1 aromatic rings. The Morgan fingerprint density at radius 2 is 1.73 bits per heavy atom. The molecule has 0 saturated heterocycles. The zero-order chi connectivity index (χ0) is 23.1. The molecule has 0 bridgehead atoms. The normalized spacial score (nSPS) is 11.2. The smallest absolute Gasteiger partial charge is 0.445 e. The first-order valence-corrected chi connectivity index (χ1v) is 9.48. The van der Waals surface area contributed by atoms with Crippen molar-refractivity contribution in [1.29, 1.82) is 0 Å². The summed E-state index contributed by atoms with van der Waals surface area (Å²) in [5, 5.41) is 2.62. The second-order valence-electron chi connectivity index (χ2n) is 8.47. The Hall–Kier alpha value is -3.19. The van der Waals surface area contributed by atoms with Gasteiger partial charge in [0.25, 0.3) is 5.78 Å². The molecule has 0 atom stereocenters. The highest BCUT2D eigenvalue weighted by atomic mass is 16.6. The summed E-state index contributed by atoms with van der Waals surface area (Å²) in [5.74, 6) is -1.74. The van der Waals surface area contributed by atoms with Gasteiger partial charge in [-0.05, 0) is 50.8 Å². The van der Waals surface area contributed by atoms with Crippen LogP contribution in [-0.4, -0.2) is 47.2 Å². The summed E-state index contributed by atoms with van der Waals surface area (Å²) in [6.45, 7) is 12.2. The predicted molar refractivity (Wildman–Crippen MR) is 111 cm³/mol. The predicted octanol–water partition coefficient (Wildman–Crippen LogP) is 3.51. The highest BCUT2D eigenvalue weighted by molar-refractivity contribution is 6.62. The van der Waals surface area contributed by atoms with Gasteiger partial charge in [0.15, 0.2) is 6.61 Å². The van der Waals surface area contributed by atoms with Gasteiger partial charge in [-0.15, -0.1) is 0 Å². The second kappa shape index (κ2) is 10.0. The number of benzene rings is 1. The summed E-state index contributed by atoms with van der Waals surface area (Å²) in [7, 11) is 0. The lowest BCUT2D eigenvalue weighted by atomic mass is 9.87. The minimum Gasteiger partial charge on any atom is -0.483 e. The highest BCUT2D eigenvalue weighted by Crippen LogP contribution is 2.32. The number of ketones is 1. The fraction of sp³-hybridized carbons (Fsp3) is 0.524. The molecule has 1 rings (SSSR count). The van der Waals surface area contributed by atoms with Crippen molar-refractivity contribution in [3.05, 3.63) is 29.3 Å². The Balaban J connectivity index is 3.10. The van der Waals surface area contributed by atoms with Crippen molar-refractivity contribution in [2.45, 2.75) is 59.5 Å². The number of carbonyl (C=O) groups excluding carboxylic acids is 3. The monoisotopic (exact) mass is 419 g/mol. The lowest BCUT2D eigenvalue weighted by Gasteiger charge is -2.23. The number of carbonyl (C=O) groups is 3. The number of esters is 1. The molecule has 0 unspecified atom stereocenters. The number of anilines is 1. The van der Waals surface area contributed by atoms with Crippen LogP contribution in [0.5, 0.6) is 5.75 Å². The summed E-state index contributed by atoms with van der Waals surface area (Å²) < 4.78 is 15.4.